The van der Waals surface area contributed by atoms with Gasteiger partial charge in [0.25, 0.3) is 5.91 Å². The summed E-state index contributed by atoms with van der Waals surface area (Å²) < 4.78 is 1.68. The van der Waals surface area contributed by atoms with Crippen molar-refractivity contribution in [2.24, 2.45) is 7.05 Å². The molecule has 1 fully saturated rings. The summed E-state index contributed by atoms with van der Waals surface area (Å²) in [5, 5.41) is 7.50. The van der Waals surface area contributed by atoms with Crippen molar-refractivity contribution in [3.05, 3.63) is 53.3 Å². The van der Waals surface area contributed by atoms with Gasteiger partial charge in [0.1, 0.15) is 5.69 Å². The molecule has 1 aliphatic rings. The van der Waals surface area contributed by atoms with E-state index in [9.17, 15) is 4.79 Å². The van der Waals surface area contributed by atoms with E-state index in [4.69, 9.17) is 0 Å². The lowest BCUT2D eigenvalue weighted by Gasteiger charge is -2.05. The first-order valence-electron chi connectivity index (χ1n) is 7.57. The molecule has 0 bridgehead atoms. The van der Waals surface area contributed by atoms with Gasteiger partial charge in [-0.15, -0.1) is 0 Å². The zero-order chi connectivity index (χ0) is 14.8. The van der Waals surface area contributed by atoms with Crippen LogP contribution in [0.2, 0.25) is 0 Å². The molecule has 0 aliphatic heterocycles. The molecule has 4 heteroatoms. The van der Waals surface area contributed by atoms with E-state index < -0.39 is 0 Å². The fourth-order valence-electron chi connectivity index (χ4n) is 2.78. The second-order valence-corrected chi connectivity index (χ2v) is 5.73. The maximum Gasteiger partial charge on any atom is 0.269 e. The van der Waals surface area contributed by atoms with Crippen LogP contribution in [0.1, 0.15) is 47.4 Å². The molecule has 1 heterocycles. The molecular weight excluding hydrogens is 262 g/mol. The van der Waals surface area contributed by atoms with Gasteiger partial charge in [-0.1, -0.05) is 43.7 Å². The van der Waals surface area contributed by atoms with E-state index in [0.717, 1.165) is 25.0 Å². The fraction of sp³-hybridized carbons (Fsp3) is 0.412. The zero-order valence-electron chi connectivity index (χ0n) is 12.5. The number of rotatable bonds is 5. The molecular formula is C17H21N3O. The van der Waals surface area contributed by atoms with Crippen LogP contribution in [0.15, 0.2) is 36.4 Å². The molecule has 1 saturated carbocycles. The van der Waals surface area contributed by atoms with E-state index >= 15 is 0 Å². The standard InChI is InChI=1S/C17H21N3O/c1-3-7-13-10-16(20(2)19-13)17(21)18-15-11-14(15)12-8-5-4-6-9-12/h4-6,8-10,14-15H,3,7,11H2,1-2H3,(H,18,21)/t14-,15+/m0/s1. The number of amides is 1. The van der Waals surface area contributed by atoms with Gasteiger partial charge in [-0.3, -0.25) is 9.48 Å². The van der Waals surface area contributed by atoms with E-state index in [0.29, 0.717) is 11.6 Å². The van der Waals surface area contributed by atoms with Gasteiger partial charge in [0.2, 0.25) is 0 Å². The Kier molecular flexibility index (Phi) is 3.78. The second kappa shape index (κ2) is 5.72. The number of aromatic nitrogens is 2. The van der Waals surface area contributed by atoms with Crippen LogP contribution in [0.4, 0.5) is 0 Å². The van der Waals surface area contributed by atoms with Gasteiger partial charge >= 0.3 is 0 Å². The van der Waals surface area contributed by atoms with Crippen LogP contribution in [0.25, 0.3) is 0 Å². The minimum Gasteiger partial charge on any atom is -0.347 e. The van der Waals surface area contributed by atoms with E-state index in [1.54, 1.807) is 4.68 Å². The quantitative estimate of drug-likeness (QED) is 0.917. The Bertz CT molecular complexity index is 633. The van der Waals surface area contributed by atoms with Crippen molar-refractivity contribution in [3.63, 3.8) is 0 Å². The van der Waals surface area contributed by atoms with Crippen LogP contribution in [-0.4, -0.2) is 21.7 Å². The topological polar surface area (TPSA) is 46.9 Å². The predicted octanol–water partition coefficient (Wildman–Crippen LogP) is 2.66. The third-order valence-electron chi connectivity index (χ3n) is 4.00. The third kappa shape index (κ3) is 2.99. The van der Waals surface area contributed by atoms with Gasteiger partial charge in [-0.05, 0) is 24.5 Å². The molecule has 0 unspecified atom stereocenters. The van der Waals surface area contributed by atoms with Crippen LogP contribution >= 0.6 is 0 Å². The lowest BCUT2D eigenvalue weighted by Crippen LogP contribution is -2.28. The first kappa shape index (κ1) is 13.9. The monoisotopic (exact) mass is 283 g/mol. The summed E-state index contributed by atoms with van der Waals surface area (Å²) in [7, 11) is 1.83. The largest absolute Gasteiger partial charge is 0.347 e. The van der Waals surface area contributed by atoms with Crippen molar-refractivity contribution >= 4 is 5.91 Å². The number of nitrogens with zero attached hydrogens (tertiary/aromatic N) is 2. The summed E-state index contributed by atoms with van der Waals surface area (Å²) >= 11 is 0. The Balaban J connectivity index is 1.63. The fourth-order valence-corrected chi connectivity index (χ4v) is 2.78. The maximum absolute atomic E-state index is 12.3. The highest BCUT2D eigenvalue weighted by molar-refractivity contribution is 5.93. The van der Waals surface area contributed by atoms with Crippen LogP contribution in [-0.2, 0) is 13.5 Å². The Morgan fingerprint density at radius 2 is 2.14 bits per heavy atom. The Hall–Kier alpha value is -2.10. The minimum absolute atomic E-state index is 0.0178. The molecule has 3 rings (SSSR count). The summed E-state index contributed by atoms with van der Waals surface area (Å²) in [6.45, 7) is 2.11. The summed E-state index contributed by atoms with van der Waals surface area (Å²) in [5.74, 6) is 0.439. The van der Waals surface area contributed by atoms with Crippen molar-refractivity contribution in [3.8, 4) is 0 Å². The van der Waals surface area contributed by atoms with Crippen molar-refractivity contribution in [1.29, 1.82) is 0 Å². The number of carbonyl (C=O) groups is 1. The minimum atomic E-state index is -0.0178. The smallest absolute Gasteiger partial charge is 0.269 e. The first-order chi connectivity index (χ1) is 10.2. The summed E-state index contributed by atoms with van der Waals surface area (Å²) in [6, 6.07) is 12.5. The number of aryl methyl sites for hydroxylation is 2. The number of benzene rings is 1. The van der Waals surface area contributed by atoms with Crippen LogP contribution in [0.5, 0.6) is 0 Å². The highest BCUT2D eigenvalue weighted by atomic mass is 16.2. The lowest BCUT2D eigenvalue weighted by molar-refractivity contribution is 0.0941. The number of carbonyl (C=O) groups excluding carboxylic acids is 1. The average Bonchev–Trinajstić information content (AvgIpc) is 3.15. The molecule has 0 saturated heterocycles. The van der Waals surface area contributed by atoms with Crippen LogP contribution < -0.4 is 5.32 Å². The predicted molar refractivity (Wildman–Crippen MR) is 82.3 cm³/mol. The molecule has 2 aromatic rings. The SMILES string of the molecule is CCCc1cc(C(=O)N[C@@H]2C[C@H]2c2ccccc2)n(C)n1. The zero-order valence-corrected chi connectivity index (χ0v) is 12.5. The second-order valence-electron chi connectivity index (χ2n) is 5.73. The van der Waals surface area contributed by atoms with Gasteiger partial charge in [0, 0.05) is 19.0 Å². The Morgan fingerprint density at radius 3 is 2.86 bits per heavy atom. The van der Waals surface area contributed by atoms with Crippen LogP contribution in [0.3, 0.4) is 0 Å². The molecule has 110 valence electrons. The number of hydrogen-bond acceptors (Lipinski definition) is 2. The summed E-state index contributed by atoms with van der Waals surface area (Å²) in [6.07, 6.45) is 2.98. The summed E-state index contributed by atoms with van der Waals surface area (Å²) in [5.41, 5.74) is 2.94. The van der Waals surface area contributed by atoms with E-state index in [1.807, 2.05) is 31.3 Å². The molecule has 0 spiro atoms. The molecule has 1 aromatic carbocycles. The van der Waals surface area contributed by atoms with Crippen molar-refractivity contribution < 1.29 is 4.79 Å². The molecule has 21 heavy (non-hydrogen) atoms. The van der Waals surface area contributed by atoms with Crippen LogP contribution in [0, 0.1) is 0 Å². The lowest BCUT2D eigenvalue weighted by atomic mass is 10.1. The van der Waals surface area contributed by atoms with Gasteiger partial charge in [0.05, 0.1) is 5.69 Å². The van der Waals surface area contributed by atoms with Crippen molar-refractivity contribution in [2.45, 2.75) is 38.1 Å². The Morgan fingerprint density at radius 1 is 1.38 bits per heavy atom. The summed E-state index contributed by atoms with van der Waals surface area (Å²) in [4.78, 5) is 12.3. The highest BCUT2D eigenvalue weighted by Crippen LogP contribution is 2.40. The molecule has 2 atom stereocenters. The normalized spacial score (nSPS) is 20.3. The van der Waals surface area contributed by atoms with Crippen molar-refractivity contribution in [2.75, 3.05) is 0 Å². The van der Waals surface area contributed by atoms with Gasteiger partial charge in [-0.2, -0.15) is 5.10 Å². The van der Waals surface area contributed by atoms with Gasteiger partial charge in [0.15, 0.2) is 0 Å². The van der Waals surface area contributed by atoms with Gasteiger partial charge < -0.3 is 5.32 Å². The average molecular weight is 283 g/mol. The molecule has 4 nitrogen and oxygen atoms in total. The molecule has 1 amide bonds. The van der Waals surface area contributed by atoms with E-state index in [1.165, 1.54) is 5.56 Å². The van der Waals surface area contributed by atoms with E-state index in [2.05, 4.69) is 29.5 Å². The molecule has 0 radical (unpaired) electrons. The molecule has 1 N–H and O–H groups in total. The molecule has 1 aliphatic carbocycles. The number of hydrogen-bond donors (Lipinski definition) is 1. The Labute approximate surface area is 125 Å². The number of nitrogens with one attached hydrogen (secondary N) is 1. The molecule has 1 aromatic heterocycles. The van der Waals surface area contributed by atoms with Gasteiger partial charge in [-0.25, -0.2) is 0 Å². The highest BCUT2D eigenvalue weighted by Gasteiger charge is 2.39. The maximum atomic E-state index is 12.3. The van der Waals surface area contributed by atoms with Crippen molar-refractivity contribution in [1.82, 2.24) is 15.1 Å². The first-order valence-corrected chi connectivity index (χ1v) is 7.57. The third-order valence-corrected chi connectivity index (χ3v) is 4.00. The van der Waals surface area contributed by atoms with E-state index in [-0.39, 0.29) is 11.9 Å².